The Morgan fingerprint density at radius 1 is 1.05 bits per heavy atom. The lowest BCUT2D eigenvalue weighted by Crippen LogP contribution is -2.46. The zero-order valence-electron chi connectivity index (χ0n) is 24.5. The van der Waals surface area contributed by atoms with Crippen LogP contribution in [0.25, 0.3) is 22.0 Å². The number of rotatable bonds is 10. The van der Waals surface area contributed by atoms with Gasteiger partial charge in [-0.15, -0.1) is 0 Å². The molecule has 214 valence electrons. The number of amidine groups is 1. The van der Waals surface area contributed by atoms with Crippen molar-refractivity contribution in [2.75, 3.05) is 0 Å². The van der Waals surface area contributed by atoms with E-state index < -0.39 is 0 Å². The molecule has 0 saturated carbocycles. The molecule has 1 saturated heterocycles. The van der Waals surface area contributed by atoms with Gasteiger partial charge in [0.2, 0.25) is 0 Å². The average molecular weight is 551 g/mol. The largest absolute Gasteiger partial charge is 0.489 e. The van der Waals surface area contributed by atoms with Crippen LogP contribution in [-0.2, 0) is 6.61 Å². The summed E-state index contributed by atoms with van der Waals surface area (Å²) in [5.74, 6) is 0.745. The van der Waals surface area contributed by atoms with Crippen molar-refractivity contribution in [2.45, 2.75) is 84.0 Å². The van der Waals surface area contributed by atoms with Crippen LogP contribution >= 0.6 is 0 Å². The third-order valence-corrected chi connectivity index (χ3v) is 8.51. The smallest absolute Gasteiger partial charge is 0.256 e. The number of nitrogens with one attached hydrogen (secondary N) is 2. The summed E-state index contributed by atoms with van der Waals surface area (Å²) in [6, 6.07) is 24.9. The van der Waals surface area contributed by atoms with Gasteiger partial charge in [0.1, 0.15) is 18.2 Å². The maximum atomic E-state index is 13.5. The van der Waals surface area contributed by atoms with Crippen molar-refractivity contribution in [3.05, 3.63) is 99.8 Å². The Morgan fingerprint density at radius 3 is 2.51 bits per heavy atom. The predicted molar refractivity (Wildman–Crippen MR) is 169 cm³/mol. The van der Waals surface area contributed by atoms with E-state index in [1.807, 2.05) is 48.5 Å². The lowest BCUT2D eigenvalue weighted by atomic mass is 9.88. The number of nitrogen functional groups attached to an aromatic ring is 1. The van der Waals surface area contributed by atoms with E-state index in [0.717, 1.165) is 47.0 Å². The molecule has 41 heavy (non-hydrogen) atoms. The number of likely N-dealkylation sites (tertiary alicyclic amines) is 1. The van der Waals surface area contributed by atoms with Crippen molar-refractivity contribution in [2.24, 2.45) is 5.73 Å². The van der Waals surface area contributed by atoms with E-state index in [1.54, 1.807) is 6.07 Å². The molecule has 4 N–H and O–H groups in total. The van der Waals surface area contributed by atoms with Gasteiger partial charge in [-0.25, -0.2) is 0 Å². The van der Waals surface area contributed by atoms with Crippen LogP contribution in [0.2, 0.25) is 0 Å². The highest BCUT2D eigenvalue weighted by atomic mass is 16.5. The van der Waals surface area contributed by atoms with Crippen molar-refractivity contribution in [1.82, 2.24) is 9.88 Å². The average Bonchev–Trinajstić information content (AvgIpc) is 2.97. The number of unbranched alkanes of at least 4 members (excludes halogenated alkanes) is 1. The summed E-state index contributed by atoms with van der Waals surface area (Å²) in [7, 11) is 0. The fraction of sp³-hybridized carbons (Fsp3) is 0.371. The van der Waals surface area contributed by atoms with E-state index >= 15 is 0 Å². The van der Waals surface area contributed by atoms with Gasteiger partial charge in [-0.05, 0) is 68.0 Å². The number of aromatic nitrogens is 1. The molecule has 5 rings (SSSR count). The molecule has 6 heteroatoms. The van der Waals surface area contributed by atoms with Crippen molar-refractivity contribution in [3.63, 3.8) is 0 Å². The Labute approximate surface area is 243 Å². The number of hydrogen-bond acceptors (Lipinski definition) is 4. The summed E-state index contributed by atoms with van der Waals surface area (Å²) in [5, 5.41) is 8.92. The predicted octanol–water partition coefficient (Wildman–Crippen LogP) is 7.55. The fourth-order valence-electron chi connectivity index (χ4n) is 6.40. The maximum Gasteiger partial charge on any atom is 0.256 e. The van der Waals surface area contributed by atoms with E-state index in [1.165, 1.54) is 24.8 Å². The molecule has 3 unspecified atom stereocenters. The summed E-state index contributed by atoms with van der Waals surface area (Å²) < 4.78 is 6.36. The third kappa shape index (κ3) is 6.38. The molecule has 0 amide bonds. The molecule has 3 aromatic carbocycles. The highest BCUT2D eigenvalue weighted by Crippen LogP contribution is 2.40. The summed E-state index contributed by atoms with van der Waals surface area (Å²) in [5.41, 5.74) is 10.6. The molecule has 1 aliphatic heterocycles. The molecular weight excluding hydrogens is 508 g/mol. The minimum absolute atomic E-state index is 0.0160. The number of ether oxygens (including phenoxy) is 1. The van der Waals surface area contributed by atoms with Gasteiger partial charge in [-0.1, -0.05) is 74.7 Å². The lowest BCUT2D eigenvalue weighted by Gasteiger charge is -2.45. The summed E-state index contributed by atoms with van der Waals surface area (Å²) in [6.07, 6.45) is 6.91. The molecule has 0 aliphatic carbocycles. The summed E-state index contributed by atoms with van der Waals surface area (Å²) in [4.78, 5) is 19.4. The first-order valence-electron chi connectivity index (χ1n) is 15.0. The van der Waals surface area contributed by atoms with Gasteiger partial charge in [0.25, 0.3) is 5.56 Å². The van der Waals surface area contributed by atoms with E-state index in [0.29, 0.717) is 29.8 Å². The Hall–Kier alpha value is -3.90. The monoisotopic (exact) mass is 550 g/mol. The topological polar surface area (TPSA) is 95.2 Å². The van der Waals surface area contributed by atoms with Gasteiger partial charge in [0, 0.05) is 40.7 Å². The molecule has 2 heterocycles. The molecule has 0 spiro atoms. The van der Waals surface area contributed by atoms with Crippen molar-refractivity contribution >= 4 is 16.7 Å². The van der Waals surface area contributed by atoms with Gasteiger partial charge in [-0.3, -0.25) is 15.1 Å². The first-order valence-corrected chi connectivity index (χ1v) is 15.0. The fourth-order valence-corrected chi connectivity index (χ4v) is 6.40. The molecule has 1 aromatic heterocycles. The SMILES string of the molecule is CCCCC(c1cc(OCc2ccccc2)cc2[nH]c(=O)c(-c3cccc(C(=N)N)c3)cc12)N1C(C)CCCC1C. The Kier molecular flexibility index (Phi) is 8.89. The highest BCUT2D eigenvalue weighted by molar-refractivity contribution is 5.96. The van der Waals surface area contributed by atoms with E-state index in [2.05, 4.69) is 48.9 Å². The summed E-state index contributed by atoms with van der Waals surface area (Å²) in [6.45, 7) is 7.41. The quantitative estimate of drug-likeness (QED) is 0.140. The molecule has 1 aliphatic rings. The van der Waals surface area contributed by atoms with Crippen molar-refractivity contribution in [1.29, 1.82) is 5.41 Å². The second-order valence-corrected chi connectivity index (χ2v) is 11.5. The second-order valence-electron chi connectivity index (χ2n) is 11.5. The van der Waals surface area contributed by atoms with Gasteiger partial charge in [0.05, 0.1) is 5.52 Å². The van der Waals surface area contributed by atoms with Crippen LogP contribution in [0.5, 0.6) is 5.75 Å². The first kappa shape index (κ1) is 28.6. The number of H-pyrrole nitrogens is 1. The van der Waals surface area contributed by atoms with Gasteiger partial charge < -0.3 is 15.5 Å². The highest BCUT2D eigenvalue weighted by Gasteiger charge is 2.33. The second kappa shape index (κ2) is 12.7. The minimum Gasteiger partial charge on any atom is -0.489 e. The number of nitrogens with zero attached hydrogens (tertiary/aromatic N) is 1. The number of piperidine rings is 1. The van der Waals surface area contributed by atoms with Crippen LogP contribution in [0.4, 0.5) is 0 Å². The van der Waals surface area contributed by atoms with Gasteiger partial charge in [0.15, 0.2) is 0 Å². The Morgan fingerprint density at radius 2 is 1.80 bits per heavy atom. The van der Waals surface area contributed by atoms with Crippen LogP contribution < -0.4 is 16.0 Å². The zero-order valence-corrected chi connectivity index (χ0v) is 24.5. The molecule has 1 fully saturated rings. The van der Waals surface area contributed by atoms with E-state index in [-0.39, 0.29) is 17.4 Å². The number of fused-ring (bicyclic) bond motifs is 1. The summed E-state index contributed by atoms with van der Waals surface area (Å²) >= 11 is 0. The van der Waals surface area contributed by atoms with Crippen LogP contribution in [-0.4, -0.2) is 27.8 Å². The first-order chi connectivity index (χ1) is 19.9. The van der Waals surface area contributed by atoms with Gasteiger partial charge >= 0.3 is 0 Å². The standard InChI is InChI=1S/C35H42N4O2/c1-4-5-17-33(39-23(2)11-9-12-24(39)3)31-19-28(41-22-25-13-7-6-8-14-25)20-32-30(31)21-29(35(40)38-32)26-15-10-16-27(18-26)34(36)37/h6-8,10,13-16,18-21,23-24,33H,4-5,9,11-12,17,22H2,1-3H3,(H3,36,37)(H,38,40). The van der Waals surface area contributed by atoms with E-state index in [4.69, 9.17) is 15.9 Å². The van der Waals surface area contributed by atoms with Gasteiger partial charge in [-0.2, -0.15) is 0 Å². The molecule has 0 radical (unpaired) electrons. The van der Waals surface area contributed by atoms with E-state index in [9.17, 15) is 4.79 Å². The molecule has 6 nitrogen and oxygen atoms in total. The van der Waals surface area contributed by atoms with Crippen LogP contribution in [0.3, 0.4) is 0 Å². The Balaban J connectivity index is 1.68. The van der Waals surface area contributed by atoms with Crippen LogP contribution in [0, 0.1) is 5.41 Å². The maximum absolute atomic E-state index is 13.5. The number of aromatic amines is 1. The number of benzene rings is 3. The van der Waals surface area contributed by atoms with Crippen LogP contribution in [0.1, 0.15) is 82.0 Å². The lowest BCUT2D eigenvalue weighted by molar-refractivity contribution is 0.0494. The third-order valence-electron chi connectivity index (χ3n) is 8.51. The normalized spacial score (nSPS) is 18.3. The number of nitrogens with two attached hydrogens (primary N) is 1. The number of pyridine rings is 1. The Bertz CT molecular complexity index is 1550. The molecule has 4 aromatic rings. The van der Waals surface area contributed by atoms with Crippen LogP contribution in [0.15, 0.2) is 77.6 Å². The van der Waals surface area contributed by atoms with Crippen molar-refractivity contribution < 1.29 is 4.74 Å². The molecule has 3 atom stereocenters. The molecular formula is C35H42N4O2. The van der Waals surface area contributed by atoms with Crippen molar-refractivity contribution in [3.8, 4) is 16.9 Å². The minimum atomic E-state index is -0.172. The molecule has 0 bridgehead atoms. The number of hydrogen-bond donors (Lipinski definition) is 3. The zero-order chi connectivity index (χ0) is 28.9.